The normalized spacial score (nSPS) is 16.8. The smallest absolute Gasteiger partial charge is 0.295 e. The van der Waals surface area contributed by atoms with Gasteiger partial charge in [0.2, 0.25) is 0 Å². The SMILES string of the molecule is CCOc1cc([C@@H]2C(=C(O)c3ccc(OCC)c(Cl)c3)C(=O)C(=O)N2CCCn2ccnc2)ccc1O. The van der Waals surface area contributed by atoms with Crippen molar-refractivity contribution in [3.05, 3.63) is 76.8 Å². The first-order valence-electron chi connectivity index (χ1n) is 12.0. The highest BCUT2D eigenvalue weighted by molar-refractivity contribution is 6.46. The fraction of sp³-hybridized carbons (Fsp3) is 0.296. The van der Waals surface area contributed by atoms with E-state index in [1.165, 1.54) is 17.0 Å². The number of hydrogen-bond donors (Lipinski definition) is 2. The molecule has 2 heterocycles. The molecule has 1 amide bonds. The van der Waals surface area contributed by atoms with Gasteiger partial charge < -0.3 is 29.2 Å². The van der Waals surface area contributed by atoms with E-state index < -0.39 is 17.7 Å². The fourth-order valence-corrected chi connectivity index (χ4v) is 4.58. The van der Waals surface area contributed by atoms with Crippen LogP contribution in [0.3, 0.4) is 0 Å². The molecule has 2 aromatic carbocycles. The highest BCUT2D eigenvalue weighted by Gasteiger charge is 2.46. The molecule has 1 aliphatic heterocycles. The van der Waals surface area contributed by atoms with Gasteiger partial charge in [-0.25, -0.2) is 4.98 Å². The Morgan fingerprint density at radius 1 is 1.05 bits per heavy atom. The number of imidazole rings is 1. The van der Waals surface area contributed by atoms with Crippen LogP contribution in [0.2, 0.25) is 5.02 Å². The number of rotatable bonds is 10. The highest BCUT2D eigenvalue weighted by Crippen LogP contribution is 2.42. The number of aliphatic hydroxyl groups is 1. The van der Waals surface area contributed by atoms with Crippen LogP contribution >= 0.6 is 11.6 Å². The Labute approximate surface area is 219 Å². The van der Waals surface area contributed by atoms with E-state index in [2.05, 4.69) is 4.98 Å². The Balaban J connectivity index is 1.77. The molecule has 0 bridgehead atoms. The van der Waals surface area contributed by atoms with Gasteiger partial charge in [-0.05, 0) is 56.2 Å². The van der Waals surface area contributed by atoms with Gasteiger partial charge in [0.05, 0.1) is 36.2 Å². The molecule has 0 saturated carbocycles. The van der Waals surface area contributed by atoms with Gasteiger partial charge in [0, 0.05) is 31.0 Å². The van der Waals surface area contributed by atoms with Crippen molar-refractivity contribution in [1.82, 2.24) is 14.5 Å². The number of halogens is 1. The lowest BCUT2D eigenvalue weighted by Gasteiger charge is -2.26. The molecule has 3 aromatic rings. The van der Waals surface area contributed by atoms with Crippen LogP contribution in [0.1, 0.15) is 37.4 Å². The number of aliphatic hydroxyl groups excluding tert-OH is 1. The van der Waals surface area contributed by atoms with Crippen molar-refractivity contribution in [2.24, 2.45) is 0 Å². The molecule has 1 aromatic heterocycles. The molecule has 9 nitrogen and oxygen atoms in total. The van der Waals surface area contributed by atoms with Gasteiger partial charge in [0.15, 0.2) is 11.5 Å². The zero-order valence-electron chi connectivity index (χ0n) is 20.6. The second-order valence-corrected chi connectivity index (χ2v) is 8.79. The first kappa shape index (κ1) is 26.1. The number of hydrogen-bond acceptors (Lipinski definition) is 7. The number of ether oxygens (including phenoxy) is 2. The highest BCUT2D eigenvalue weighted by atomic mass is 35.5. The maximum Gasteiger partial charge on any atom is 0.295 e. The number of likely N-dealkylation sites (tertiary alicyclic amines) is 1. The molecule has 37 heavy (non-hydrogen) atoms. The number of nitrogens with zero attached hydrogens (tertiary/aromatic N) is 3. The number of amides is 1. The van der Waals surface area contributed by atoms with Crippen molar-refractivity contribution in [3.8, 4) is 17.2 Å². The van der Waals surface area contributed by atoms with Gasteiger partial charge in [0.25, 0.3) is 11.7 Å². The molecule has 4 rings (SSSR count). The van der Waals surface area contributed by atoms with Crippen LogP contribution < -0.4 is 9.47 Å². The Hall–Kier alpha value is -3.98. The zero-order chi connectivity index (χ0) is 26.5. The van der Waals surface area contributed by atoms with Gasteiger partial charge in [-0.1, -0.05) is 17.7 Å². The summed E-state index contributed by atoms with van der Waals surface area (Å²) in [7, 11) is 0. The summed E-state index contributed by atoms with van der Waals surface area (Å²) in [6.07, 6.45) is 5.70. The molecule has 194 valence electrons. The largest absolute Gasteiger partial charge is 0.507 e. The van der Waals surface area contributed by atoms with Gasteiger partial charge in [-0.2, -0.15) is 0 Å². The van der Waals surface area contributed by atoms with Crippen LogP contribution in [0.5, 0.6) is 17.2 Å². The summed E-state index contributed by atoms with van der Waals surface area (Å²) < 4.78 is 12.9. The standard InChI is InChI=1S/C27H28ClN3O6/c1-3-36-21-9-7-18(14-19(21)28)25(33)23-24(17-6-8-20(32)22(15-17)37-4-2)31(27(35)26(23)34)12-5-11-30-13-10-29-16-30/h6-10,13-16,24,32-33H,3-5,11-12H2,1-2H3/t24-/m1/s1. The third-order valence-electron chi connectivity index (χ3n) is 6.02. The number of phenolic OH excluding ortho intramolecular Hbond substituents is 1. The topological polar surface area (TPSA) is 114 Å². The third-order valence-corrected chi connectivity index (χ3v) is 6.31. The average molecular weight is 526 g/mol. The van der Waals surface area contributed by atoms with Crippen molar-refractivity contribution < 1.29 is 29.3 Å². The van der Waals surface area contributed by atoms with Crippen molar-refractivity contribution in [3.63, 3.8) is 0 Å². The Kier molecular flexibility index (Phi) is 8.03. The number of phenols is 1. The summed E-state index contributed by atoms with van der Waals surface area (Å²) >= 11 is 6.32. The first-order valence-corrected chi connectivity index (χ1v) is 12.4. The van der Waals surface area contributed by atoms with Crippen molar-refractivity contribution in [1.29, 1.82) is 0 Å². The minimum absolute atomic E-state index is 0.0685. The fourth-order valence-electron chi connectivity index (χ4n) is 4.35. The molecular weight excluding hydrogens is 498 g/mol. The van der Waals surface area contributed by atoms with Crippen LogP contribution in [0.15, 0.2) is 60.7 Å². The lowest BCUT2D eigenvalue weighted by molar-refractivity contribution is -0.139. The molecule has 0 unspecified atom stereocenters. The summed E-state index contributed by atoms with van der Waals surface area (Å²) in [5.41, 5.74) is 0.723. The van der Waals surface area contributed by atoms with Crippen LogP contribution in [0.25, 0.3) is 5.76 Å². The summed E-state index contributed by atoms with van der Waals surface area (Å²) in [6.45, 7) is 5.17. The first-order chi connectivity index (χ1) is 17.8. The molecule has 0 radical (unpaired) electrons. The number of aromatic hydroxyl groups is 1. The molecule has 1 aliphatic rings. The van der Waals surface area contributed by atoms with E-state index in [4.69, 9.17) is 21.1 Å². The zero-order valence-corrected chi connectivity index (χ0v) is 21.3. The van der Waals surface area contributed by atoms with Crippen LogP contribution in [0, 0.1) is 0 Å². The second kappa shape index (κ2) is 11.4. The third kappa shape index (κ3) is 5.41. The predicted octanol–water partition coefficient (Wildman–Crippen LogP) is 4.55. The van der Waals surface area contributed by atoms with Gasteiger partial charge in [-0.15, -0.1) is 0 Å². The number of aryl methyl sites for hydroxylation is 1. The quantitative estimate of drug-likeness (QED) is 0.227. The monoisotopic (exact) mass is 525 g/mol. The van der Waals surface area contributed by atoms with E-state index >= 15 is 0 Å². The summed E-state index contributed by atoms with van der Waals surface area (Å²) in [6, 6.07) is 8.41. The van der Waals surface area contributed by atoms with Crippen LogP contribution in [-0.4, -0.2) is 56.1 Å². The van der Waals surface area contributed by atoms with Crippen LogP contribution in [0.4, 0.5) is 0 Å². The molecule has 1 fully saturated rings. The van der Waals surface area contributed by atoms with Crippen molar-refractivity contribution >= 4 is 29.1 Å². The summed E-state index contributed by atoms with van der Waals surface area (Å²) in [4.78, 5) is 31.9. The maximum absolute atomic E-state index is 13.3. The molecule has 0 spiro atoms. The summed E-state index contributed by atoms with van der Waals surface area (Å²) in [5.74, 6) is -1.29. The van der Waals surface area contributed by atoms with Gasteiger partial charge >= 0.3 is 0 Å². The number of aromatic nitrogens is 2. The van der Waals surface area contributed by atoms with E-state index in [1.54, 1.807) is 43.7 Å². The van der Waals surface area contributed by atoms with Gasteiger partial charge in [0.1, 0.15) is 11.5 Å². The number of carbonyl (C=O) groups excluding carboxylic acids is 2. The number of carbonyl (C=O) groups is 2. The molecular formula is C27H28ClN3O6. The Morgan fingerprint density at radius 2 is 1.81 bits per heavy atom. The Bertz CT molecular complexity index is 1320. The van der Waals surface area contributed by atoms with Crippen molar-refractivity contribution in [2.75, 3.05) is 19.8 Å². The molecule has 0 aliphatic carbocycles. The maximum atomic E-state index is 13.3. The van der Waals surface area contributed by atoms with Crippen molar-refractivity contribution in [2.45, 2.75) is 32.9 Å². The lowest BCUT2D eigenvalue weighted by Crippen LogP contribution is -2.31. The molecule has 1 atom stereocenters. The van der Waals surface area contributed by atoms with E-state index in [-0.39, 0.29) is 40.0 Å². The molecule has 1 saturated heterocycles. The van der Waals surface area contributed by atoms with E-state index in [0.29, 0.717) is 37.5 Å². The number of Topliss-reactive ketones (excluding diaryl/α,β-unsaturated/α-hetero) is 1. The van der Waals surface area contributed by atoms with Crippen LogP contribution in [-0.2, 0) is 16.1 Å². The minimum Gasteiger partial charge on any atom is -0.507 e. The van der Waals surface area contributed by atoms with E-state index in [1.807, 2.05) is 17.7 Å². The van der Waals surface area contributed by atoms with E-state index in [0.717, 1.165) is 0 Å². The second-order valence-electron chi connectivity index (χ2n) is 8.38. The minimum atomic E-state index is -0.895. The molecule has 2 N–H and O–H groups in total. The van der Waals surface area contributed by atoms with Gasteiger partial charge in [-0.3, -0.25) is 9.59 Å². The number of ketones is 1. The molecule has 10 heteroatoms. The predicted molar refractivity (Wildman–Crippen MR) is 138 cm³/mol. The summed E-state index contributed by atoms with van der Waals surface area (Å²) in [5, 5.41) is 21.8. The number of benzene rings is 2. The average Bonchev–Trinajstić information content (AvgIpc) is 3.49. The van der Waals surface area contributed by atoms with E-state index in [9.17, 15) is 19.8 Å². The lowest BCUT2D eigenvalue weighted by atomic mass is 9.95. The Morgan fingerprint density at radius 3 is 2.49 bits per heavy atom.